The van der Waals surface area contributed by atoms with Crippen molar-refractivity contribution in [1.82, 2.24) is 30.0 Å². The Morgan fingerprint density at radius 2 is 1.96 bits per heavy atom. The number of aromatic nitrogens is 5. The largest absolute Gasteiger partial charge is 0.453 e. The van der Waals surface area contributed by atoms with Gasteiger partial charge in [0.2, 0.25) is 0 Å². The van der Waals surface area contributed by atoms with Crippen molar-refractivity contribution >= 4 is 11.7 Å². The van der Waals surface area contributed by atoms with Gasteiger partial charge >= 0.3 is 6.18 Å². The lowest BCUT2D eigenvalue weighted by molar-refractivity contribution is -0.144. The van der Waals surface area contributed by atoms with Gasteiger partial charge in [-0.05, 0) is 37.6 Å². The predicted molar refractivity (Wildman–Crippen MR) is 81.7 cm³/mol. The molecule has 136 valence electrons. The van der Waals surface area contributed by atoms with Gasteiger partial charge in [-0.3, -0.25) is 14.6 Å². The van der Waals surface area contributed by atoms with Crippen LogP contribution < -0.4 is 5.48 Å². The van der Waals surface area contributed by atoms with Gasteiger partial charge in [0.1, 0.15) is 11.8 Å². The van der Waals surface area contributed by atoms with Crippen LogP contribution in [0.3, 0.4) is 0 Å². The Morgan fingerprint density at radius 1 is 1.27 bits per heavy atom. The minimum Gasteiger partial charge on any atom is -0.266 e. The Balaban J connectivity index is 1.84. The number of alkyl halides is 3. The molecule has 0 aliphatic heterocycles. The summed E-state index contributed by atoms with van der Waals surface area (Å²) in [6.45, 7) is 3.22. The number of hydroxylamine groups is 1. The van der Waals surface area contributed by atoms with E-state index in [0.717, 1.165) is 10.1 Å². The average Bonchev–Trinajstić information content (AvgIpc) is 3.03. The van der Waals surface area contributed by atoms with Crippen LogP contribution >= 0.6 is 0 Å². The standard InChI is InChI=1S/C15H13F3N6O2/c1-8-7-11(24-14(20-8)21-13(22-24)15(16,17)18)12(25)23-26-9(2)10-3-5-19-6-4-10/h3-7,9H,1-2H3,(H,23,25)/t9-/m0/s1. The summed E-state index contributed by atoms with van der Waals surface area (Å²) in [6.07, 6.45) is -2.11. The molecule has 0 spiro atoms. The van der Waals surface area contributed by atoms with Gasteiger partial charge in [-0.1, -0.05) is 0 Å². The normalized spacial score (nSPS) is 13.0. The lowest BCUT2D eigenvalue weighted by atomic mass is 10.2. The first kappa shape index (κ1) is 17.7. The van der Waals surface area contributed by atoms with E-state index in [1.807, 2.05) is 0 Å². The second-order valence-electron chi connectivity index (χ2n) is 5.40. The van der Waals surface area contributed by atoms with E-state index in [1.54, 1.807) is 31.5 Å². The highest BCUT2D eigenvalue weighted by Gasteiger charge is 2.37. The van der Waals surface area contributed by atoms with Crippen LogP contribution in [0.25, 0.3) is 5.78 Å². The molecule has 1 amide bonds. The molecular weight excluding hydrogens is 353 g/mol. The summed E-state index contributed by atoms with van der Waals surface area (Å²) in [4.78, 5) is 28.7. The Morgan fingerprint density at radius 3 is 2.62 bits per heavy atom. The first-order valence-corrected chi connectivity index (χ1v) is 7.43. The molecule has 0 unspecified atom stereocenters. The van der Waals surface area contributed by atoms with Gasteiger partial charge in [-0.25, -0.2) is 10.5 Å². The second kappa shape index (κ2) is 6.67. The smallest absolute Gasteiger partial charge is 0.266 e. The van der Waals surface area contributed by atoms with Crippen LogP contribution in [0.2, 0.25) is 0 Å². The fourth-order valence-electron chi connectivity index (χ4n) is 2.17. The molecule has 0 aliphatic carbocycles. The Labute approximate surface area is 145 Å². The van der Waals surface area contributed by atoms with Crippen molar-refractivity contribution in [3.8, 4) is 0 Å². The molecule has 11 heteroatoms. The summed E-state index contributed by atoms with van der Waals surface area (Å²) in [5.74, 6) is -2.49. The van der Waals surface area contributed by atoms with Crippen molar-refractivity contribution in [2.75, 3.05) is 0 Å². The van der Waals surface area contributed by atoms with Crippen molar-refractivity contribution in [2.24, 2.45) is 0 Å². The number of amides is 1. The number of fused-ring (bicyclic) bond motifs is 1. The topological polar surface area (TPSA) is 94.3 Å². The van der Waals surface area contributed by atoms with Crippen LogP contribution in [-0.4, -0.2) is 30.5 Å². The summed E-state index contributed by atoms with van der Waals surface area (Å²) in [6, 6.07) is 4.70. The Bertz CT molecular complexity index is 942. The van der Waals surface area contributed by atoms with Gasteiger partial charge in [0.05, 0.1) is 0 Å². The maximum atomic E-state index is 12.8. The number of hydrogen-bond donors (Lipinski definition) is 1. The molecule has 0 aliphatic rings. The zero-order valence-corrected chi connectivity index (χ0v) is 13.7. The van der Waals surface area contributed by atoms with Gasteiger partial charge in [-0.2, -0.15) is 22.7 Å². The van der Waals surface area contributed by atoms with Crippen molar-refractivity contribution in [3.05, 3.63) is 53.4 Å². The van der Waals surface area contributed by atoms with Crippen LogP contribution in [0.15, 0.2) is 30.6 Å². The minimum absolute atomic E-state index is 0.183. The first-order chi connectivity index (χ1) is 12.3. The Kier molecular flexibility index (Phi) is 4.55. The molecule has 3 rings (SSSR count). The number of rotatable bonds is 4. The SMILES string of the molecule is Cc1cc(C(=O)NO[C@@H](C)c2ccncc2)n2nc(C(F)(F)F)nc2n1. The molecule has 0 fully saturated rings. The monoisotopic (exact) mass is 366 g/mol. The maximum absolute atomic E-state index is 12.8. The number of carbonyl (C=O) groups is 1. The molecule has 1 N–H and O–H groups in total. The van der Waals surface area contributed by atoms with E-state index in [-0.39, 0.29) is 11.5 Å². The summed E-state index contributed by atoms with van der Waals surface area (Å²) in [5, 5.41) is 3.32. The van der Waals surface area contributed by atoms with Gasteiger partial charge in [0.15, 0.2) is 0 Å². The fraction of sp³-hybridized carbons (Fsp3) is 0.267. The first-order valence-electron chi connectivity index (χ1n) is 7.43. The van der Waals surface area contributed by atoms with E-state index in [4.69, 9.17) is 4.84 Å². The molecule has 8 nitrogen and oxygen atoms in total. The third-order valence-corrected chi connectivity index (χ3v) is 3.43. The van der Waals surface area contributed by atoms with E-state index in [2.05, 4.69) is 25.5 Å². The summed E-state index contributed by atoms with van der Waals surface area (Å²) >= 11 is 0. The summed E-state index contributed by atoms with van der Waals surface area (Å²) in [7, 11) is 0. The maximum Gasteiger partial charge on any atom is 0.453 e. The van der Waals surface area contributed by atoms with Gasteiger partial charge < -0.3 is 0 Å². The van der Waals surface area contributed by atoms with Crippen molar-refractivity contribution < 1.29 is 22.8 Å². The molecule has 1 atom stereocenters. The number of pyridine rings is 1. The van der Waals surface area contributed by atoms with Gasteiger partial charge in [0.25, 0.3) is 17.5 Å². The van der Waals surface area contributed by atoms with Crippen LogP contribution in [-0.2, 0) is 11.0 Å². The van der Waals surface area contributed by atoms with E-state index in [1.165, 1.54) is 13.0 Å². The third kappa shape index (κ3) is 3.61. The highest BCUT2D eigenvalue weighted by Crippen LogP contribution is 2.26. The summed E-state index contributed by atoms with van der Waals surface area (Å²) < 4.78 is 39.1. The fourth-order valence-corrected chi connectivity index (χ4v) is 2.17. The number of carbonyl (C=O) groups excluding carboxylic acids is 1. The van der Waals surface area contributed by atoms with Crippen molar-refractivity contribution in [2.45, 2.75) is 26.1 Å². The summed E-state index contributed by atoms with van der Waals surface area (Å²) in [5.41, 5.74) is 3.10. The zero-order valence-electron chi connectivity index (χ0n) is 13.7. The molecule has 26 heavy (non-hydrogen) atoms. The zero-order chi connectivity index (χ0) is 18.9. The number of halogens is 3. The third-order valence-electron chi connectivity index (χ3n) is 3.43. The molecular formula is C15H13F3N6O2. The minimum atomic E-state index is -4.75. The van der Waals surface area contributed by atoms with Gasteiger partial charge in [-0.15, -0.1) is 5.10 Å². The molecule has 0 radical (unpaired) electrons. The van der Waals surface area contributed by atoms with Crippen LogP contribution in [0.4, 0.5) is 13.2 Å². The van der Waals surface area contributed by atoms with E-state index >= 15 is 0 Å². The van der Waals surface area contributed by atoms with Gasteiger partial charge in [0, 0.05) is 18.1 Å². The number of nitrogens with one attached hydrogen (secondary N) is 1. The lowest BCUT2D eigenvalue weighted by Crippen LogP contribution is -2.27. The van der Waals surface area contributed by atoms with E-state index < -0.39 is 24.0 Å². The van der Waals surface area contributed by atoms with Crippen molar-refractivity contribution in [1.29, 1.82) is 0 Å². The molecule has 0 saturated carbocycles. The number of nitrogens with zero attached hydrogens (tertiary/aromatic N) is 5. The van der Waals surface area contributed by atoms with Crippen LogP contribution in [0.1, 0.15) is 40.6 Å². The predicted octanol–water partition coefficient (Wildman–Crippen LogP) is 2.27. The quantitative estimate of drug-likeness (QED) is 0.712. The van der Waals surface area contributed by atoms with E-state index in [9.17, 15) is 18.0 Å². The number of hydrogen-bond acceptors (Lipinski definition) is 6. The second-order valence-corrected chi connectivity index (χ2v) is 5.40. The van der Waals surface area contributed by atoms with E-state index in [0.29, 0.717) is 5.69 Å². The van der Waals surface area contributed by atoms with Crippen LogP contribution in [0.5, 0.6) is 0 Å². The molecule has 0 saturated heterocycles. The highest BCUT2D eigenvalue weighted by atomic mass is 19.4. The number of aryl methyl sites for hydroxylation is 1. The molecule has 0 bridgehead atoms. The lowest BCUT2D eigenvalue weighted by Gasteiger charge is -2.13. The average molecular weight is 366 g/mol. The Hall–Kier alpha value is -3.08. The van der Waals surface area contributed by atoms with Crippen LogP contribution in [0, 0.1) is 6.92 Å². The highest BCUT2D eigenvalue weighted by molar-refractivity contribution is 5.92. The molecule has 0 aromatic carbocycles. The molecule has 3 aromatic rings. The van der Waals surface area contributed by atoms with Crippen molar-refractivity contribution in [3.63, 3.8) is 0 Å². The molecule has 3 heterocycles. The molecule has 3 aromatic heterocycles.